The summed E-state index contributed by atoms with van der Waals surface area (Å²) in [5.74, 6) is -1.11. The van der Waals surface area contributed by atoms with E-state index >= 15 is 0 Å². The number of nitro groups is 1. The molecule has 1 heterocycles. The van der Waals surface area contributed by atoms with Gasteiger partial charge in [0.25, 0.3) is 5.69 Å². The van der Waals surface area contributed by atoms with E-state index in [0.717, 1.165) is 24.2 Å². The largest absolute Gasteiger partial charge is 0.324 e. The number of carbonyl (C=O) groups excluding carboxylic acids is 3. The number of likely N-dealkylation sites (tertiary alicyclic amines) is 1. The Morgan fingerprint density at radius 2 is 1.96 bits per heavy atom. The van der Waals surface area contributed by atoms with Crippen LogP contribution in [0.25, 0.3) is 0 Å². The minimum atomic E-state index is -0.628. The Bertz CT molecular complexity index is 783. The molecule has 138 valence electrons. The summed E-state index contributed by atoms with van der Waals surface area (Å²) in [5, 5.41) is 13.5. The average Bonchev–Trinajstić information content (AvgIpc) is 2.81. The first-order valence-corrected chi connectivity index (χ1v) is 8.72. The third-order valence-corrected chi connectivity index (χ3v) is 5.31. The van der Waals surface area contributed by atoms with Gasteiger partial charge in [-0.2, -0.15) is 0 Å². The first-order valence-electron chi connectivity index (χ1n) is 8.72. The molecular formula is C18H21N3O5. The summed E-state index contributed by atoms with van der Waals surface area (Å²) in [6, 6.07) is 4.16. The summed E-state index contributed by atoms with van der Waals surface area (Å²) in [5.41, 5.74) is 0.194. The summed E-state index contributed by atoms with van der Waals surface area (Å²) in [4.78, 5) is 48.7. The topological polar surface area (TPSA) is 110 Å². The molecule has 1 saturated heterocycles. The number of anilines is 1. The zero-order chi connectivity index (χ0) is 18.9. The number of imide groups is 1. The van der Waals surface area contributed by atoms with Gasteiger partial charge in [0.15, 0.2) is 0 Å². The van der Waals surface area contributed by atoms with Crippen molar-refractivity contribution >= 4 is 29.1 Å². The molecule has 0 unspecified atom stereocenters. The Morgan fingerprint density at radius 1 is 1.27 bits per heavy atom. The van der Waals surface area contributed by atoms with E-state index in [1.165, 1.54) is 18.2 Å². The second kappa shape index (κ2) is 6.86. The highest BCUT2D eigenvalue weighted by Crippen LogP contribution is 2.45. The van der Waals surface area contributed by atoms with Gasteiger partial charge in [-0.05, 0) is 25.3 Å². The van der Waals surface area contributed by atoms with Crippen molar-refractivity contribution in [3.8, 4) is 0 Å². The Kier molecular flexibility index (Phi) is 4.76. The van der Waals surface area contributed by atoms with Gasteiger partial charge in [0.2, 0.25) is 17.7 Å². The van der Waals surface area contributed by atoms with Gasteiger partial charge in [0.1, 0.15) is 6.54 Å². The Morgan fingerprint density at radius 3 is 2.62 bits per heavy atom. The van der Waals surface area contributed by atoms with Crippen LogP contribution in [0.5, 0.6) is 0 Å². The van der Waals surface area contributed by atoms with Crippen molar-refractivity contribution in [3.05, 3.63) is 33.9 Å². The van der Waals surface area contributed by atoms with Crippen molar-refractivity contribution in [2.45, 2.75) is 45.4 Å². The molecule has 1 saturated carbocycles. The predicted molar refractivity (Wildman–Crippen MR) is 93.3 cm³/mol. The lowest BCUT2D eigenvalue weighted by Crippen LogP contribution is -2.41. The van der Waals surface area contributed by atoms with Crippen LogP contribution in [0.3, 0.4) is 0 Å². The molecule has 1 aromatic carbocycles. The number of amides is 3. The van der Waals surface area contributed by atoms with Crippen molar-refractivity contribution in [2.24, 2.45) is 5.41 Å². The lowest BCUT2D eigenvalue weighted by Gasteiger charge is -2.30. The van der Waals surface area contributed by atoms with E-state index in [-0.39, 0.29) is 30.5 Å². The number of aryl methyl sites for hydroxylation is 1. The number of benzene rings is 1. The number of nitrogens with zero attached hydrogens (tertiary/aromatic N) is 2. The zero-order valence-electron chi connectivity index (χ0n) is 14.6. The summed E-state index contributed by atoms with van der Waals surface area (Å²) >= 11 is 0. The van der Waals surface area contributed by atoms with Crippen LogP contribution < -0.4 is 5.32 Å². The Labute approximate surface area is 150 Å². The number of hydrogen-bond donors (Lipinski definition) is 1. The number of carbonyl (C=O) groups is 3. The van der Waals surface area contributed by atoms with Crippen LogP contribution in [0, 0.1) is 22.5 Å². The molecule has 8 nitrogen and oxygen atoms in total. The zero-order valence-corrected chi connectivity index (χ0v) is 14.6. The lowest BCUT2D eigenvalue weighted by molar-refractivity contribution is -0.384. The molecule has 0 aromatic heterocycles. The van der Waals surface area contributed by atoms with E-state index in [1.807, 2.05) is 0 Å². The van der Waals surface area contributed by atoms with E-state index in [4.69, 9.17) is 0 Å². The molecule has 1 spiro atoms. The van der Waals surface area contributed by atoms with Crippen LogP contribution in [0.1, 0.15) is 44.1 Å². The molecule has 8 heteroatoms. The van der Waals surface area contributed by atoms with Crippen LogP contribution in [0.15, 0.2) is 18.2 Å². The summed E-state index contributed by atoms with van der Waals surface area (Å²) in [6.07, 6.45) is 4.47. The first-order chi connectivity index (χ1) is 12.3. The van der Waals surface area contributed by atoms with E-state index in [2.05, 4.69) is 5.32 Å². The van der Waals surface area contributed by atoms with Crippen LogP contribution >= 0.6 is 0 Å². The minimum absolute atomic E-state index is 0.139. The van der Waals surface area contributed by atoms with Crippen LogP contribution in [0.2, 0.25) is 0 Å². The van der Waals surface area contributed by atoms with E-state index in [0.29, 0.717) is 24.1 Å². The highest BCUT2D eigenvalue weighted by molar-refractivity contribution is 6.09. The number of rotatable bonds is 4. The summed E-state index contributed by atoms with van der Waals surface area (Å²) in [6.45, 7) is 1.35. The SMILES string of the molecule is Cc1ccc([N+](=O)[O-])cc1NC(=O)CN1C(=O)CC2(CCCCC2)C1=O. The van der Waals surface area contributed by atoms with Gasteiger partial charge in [-0.3, -0.25) is 29.4 Å². The van der Waals surface area contributed by atoms with Gasteiger partial charge in [0.05, 0.1) is 16.0 Å². The Balaban J connectivity index is 1.70. The minimum Gasteiger partial charge on any atom is -0.324 e. The number of hydrogen-bond acceptors (Lipinski definition) is 5. The monoisotopic (exact) mass is 359 g/mol. The molecule has 1 aliphatic heterocycles. The molecule has 26 heavy (non-hydrogen) atoms. The van der Waals surface area contributed by atoms with E-state index in [1.54, 1.807) is 6.92 Å². The van der Waals surface area contributed by atoms with Gasteiger partial charge >= 0.3 is 0 Å². The lowest BCUT2D eigenvalue weighted by atomic mass is 9.73. The fourth-order valence-corrected chi connectivity index (χ4v) is 3.83. The fraction of sp³-hybridized carbons (Fsp3) is 0.500. The molecule has 2 fully saturated rings. The summed E-state index contributed by atoms with van der Waals surface area (Å²) in [7, 11) is 0. The molecule has 0 bridgehead atoms. The molecule has 3 rings (SSSR count). The standard InChI is InChI=1S/C18H21N3O5/c1-12-5-6-13(21(25)26)9-14(12)19-15(22)11-20-16(23)10-18(17(20)24)7-3-2-4-8-18/h5-6,9H,2-4,7-8,10-11H2,1H3,(H,19,22). The van der Waals surface area contributed by atoms with Gasteiger partial charge in [-0.25, -0.2) is 0 Å². The first kappa shape index (κ1) is 18.0. The number of non-ortho nitro benzene ring substituents is 1. The van der Waals surface area contributed by atoms with E-state index < -0.39 is 16.2 Å². The second-order valence-electron chi connectivity index (χ2n) is 7.11. The third kappa shape index (κ3) is 3.31. The van der Waals surface area contributed by atoms with Gasteiger partial charge < -0.3 is 5.32 Å². The highest BCUT2D eigenvalue weighted by Gasteiger charge is 2.51. The van der Waals surface area contributed by atoms with E-state index in [9.17, 15) is 24.5 Å². The molecule has 3 amide bonds. The van der Waals surface area contributed by atoms with Crippen molar-refractivity contribution < 1.29 is 19.3 Å². The number of nitrogens with one attached hydrogen (secondary N) is 1. The van der Waals surface area contributed by atoms with Gasteiger partial charge in [0, 0.05) is 18.6 Å². The van der Waals surface area contributed by atoms with Crippen molar-refractivity contribution in [1.29, 1.82) is 0 Å². The average molecular weight is 359 g/mol. The normalized spacial score (nSPS) is 19.0. The molecule has 2 aliphatic rings. The van der Waals surface area contributed by atoms with Gasteiger partial charge in [-0.15, -0.1) is 0 Å². The second-order valence-corrected chi connectivity index (χ2v) is 7.11. The highest BCUT2D eigenvalue weighted by atomic mass is 16.6. The molecule has 0 atom stereocenters. The molecule has 1 aromatic rings. The fourth-order valence-electron chi connectivity index (χ4n) is 3.83. The van der Waals surface area contributed by atoms with Crippen molar-refractivity contribution in [3.63, 3.8) is 0 Å². The smallest absolute Gasteiger partial charge is 0.271 e. The molecule has 1 aliphatic carbocycles. The molecule has 1 N–H and O–H groups in total. The van der Waals surface area contributed by atoms with Crippen LogP contribution in [-0.2, 0) is 14.4 Å². The van der Waals surface area contributed by atoms with Gasteiger partial charge in [-0.1, -0.05) is 25.3 Å². The Hall–Kier alpha value is -2.77. The maximum atomic E-state index is 12.7. The summed E-state index contributed by atoms with van der Waals surface area (Å²) < 4.78 is 0. The predicted octanol–water partition coefficient (Wildman–Crippen LogP) is 2.55. The maximum absolute atomic E-state index is 12.7. The number of nitro benzene ring substituents is 1. The van der Waals surface area contributed by atoms with Crippen LogP contribution in [0.4, 0.5) is 11.4 Å². The molecular weight excluding hydrogens is 338 g/mol. The molecule has 0 radical (unpaired) electrons. The van der Waals surface area contributed by atoms with Crippen LogP contribution in [-0.4, -0.2) is 34.1 Å². The third-order valence-electron chi connectivity index (χ3n) is 5.31. The van der Waals surface area contributed by atoms with Crippen molar-refractivity contribution in [2.75, 3.05) is 11.9 Å². The maximum Gasteiger partial charge on any atom is 0.271 e. The quantitative estimate of drug-likeness (QED) is 0.505. The van der Waals surface area contributed by atoms with Crippen molar-refractivity contribution in [1.82, 2.24) is 4.90 Å².